The molecule has 2 amide bonds. The molecule has 5 aromatic rings. The monoisotopic (exact) mass is 567 g/mol. The first-order chi connectivity index (χ1) is 20.1. The number of carbonyl (C=O) groups is 4. The van der Waals surface area contributed by atoms with E-state index in [0.29, 0.717) is 41.5 Å². The Balaban J connectivity index is 0.000000157. The molecule has 2 unspecified atom stereocenters. The molecule has 0 saturated carbocycles. The van der Waals surface area contributed by atoms with Gasteiger partial charge >= 0.3 is 5.97 Å². The van der Waals surface area contributed by atoms with E-state index in [-0.39, 0.29) is 41.7 Å². The first kappa shape index (κ1) is 27.0. The van der Waals surface area contributed by atoms with Crippen LogP contribution in [0.5, 0.6) is 0 Å². The van der Waals surface area contributed by atoms with Crippen molar-refractivity contribution in [1.29, 1.82) is 0 Å². The summed E-state index contributed by atoms with van der Waals surface area (Å²) in [5, 5.41) is 20.4. The predicted molar refractivity (Wildman–Crippen MR) is 154 cm³/mol. The minimum Gasteiger partial charge on any atom is -0.478 e. The number of carboxylic acid groups (broad SMARTS) is 1. The highest BCUT2D eigenvalue weighted by atomic mass is 16.5. The smallest absolute Gasteiger partial charge is 0.335 e. The number of aromatic carboxylic acids is 1. The number of hydrogen-bond acceptors (Lipinski definition) is 6. The molecule has 0 spiro atoms. The van der Waals surface area contributed by atoms with E-state index in [2.05, 4.69) is 22.7 Å². The van der Waals surface area contributed by atoms with E-state index in [1.54, 1.807) is 43.3 Å². The third-order valence-corrected chi connectivity index (χ3v) is 7.73. The highest BCUT2D eigenvalue weighted by Gasteiger charge is 2.26. The van der Waals surface area contributed by atoms with Crippen molar-refractivity contribution in [3.63, 3.8) is 0 Å². The van der Waals surface area contributed by atoms with Crippen LogP contribution in [0, 0.1) is 6.92 Å². The maximum Gasteiger partial charge on any atom is 0.335 e. The fourth-order valence-electron chi connectivity index (χ4n) is 5.66. The summed E-state index contributed by atoms with van der Waals surface area (Å²) in [6.45, 7) is 7.00. The van der Waals surface area contributed by atoms with Gasteiger partial charge in [0.15, 0.2) is 5.78 Å². The third-order valence-electron chi connectivity index (χ3n) is 7.73. The topological polar surface area (TPSA) is 148 Å². The van der Waals surface area contributed by atoms with Crippen molar-refractivity contribution in [2.24, 2.45) is 0 Å². The van der Waals surface area contributed by atoms with Crippen molar-refractivity contribution < 1.29 is 28.8 Å². The van der Waals surface area contributed by atoms with E-state index in [4.69, 9.17) is 9.63 Å². The summed E-state index contributed by atoms with van der Waals surface area (Å²) in [4.78, 5) is 47.3. The molecule has 2 aliphatic heterocycles. The number of amides is 2. The molecule has 3 N–H and O–H groups in total. The highest BCUT2D eigenvalue weighted by molar-refractivity contribution is 6.04. The highest BCUT2D eigenvalue weighted by Crippen LogP contribution is 2.29. The van der Waals surface area contributed by atoms with Gasteiger partial charge in [0, 0.05) is 58.6 Å². The lowest BCUT2D eigenvalue weighted by atomic mass is 10.0. The number of aromatic nitrogens is 3. The zero-order chi connectivity index (χ0) is 29.7. The van der Waals surface area contributed by atoms with Gasteiger partial charge in [-0.3, -0.25) is 14.4 Å². The number of ketones is 1. The van der Waals surface area contributed by atoms with E-state index in [0.717, 1.165) is 21.8 Å². The van der Waals surface area contributed by atoms with Gasteiger partial charge in [-0.2, -0.15) is 0 Å². The van der Waals surface area contributed by atoms with Crippen molar-refractivity contribution >= 4 is 45.4 Å². The first-order valence-electron chi connectivity index (χ1n) is 13.7. The largest absolute Gasteiger partial charge is 0.478 e. The Bertz CT molecular complexity index is 1910. The molecule has 2 aromatic carbocycles. The van der Waals surface area contributed by atoms with E-state index < -0.39 is 5.97 Å². The Morgan fingerprint density at radius 2 is 1.38 bits per heavy atom. The summed E-state index contributed by atoms with van der Waals surface area (Å²) >= 11 is 0. The quantitative estimate of drug-likeness (QED) is 0.274. The van der Waals surface area contributed by atoms with E-state index in [9.17, 15) is 19.2 Å². The minimum absolute atomic E-state index is 0.0198. The molecule has 5 heterocycles. The lowest BCUT2D eigenvalue weighted by Crippen LogP contribution is -2.37. The van der Waals surface area contributed by atoms with Gasteiger partial charge in [-0.1, -0.05) is 23.4 Å². The van der Waals surface area contributed by atoms with Gasteiger partial charge in [0.1, 0.15) is 17.1 Å². The zero-order valence-corrected chi connectivity index (χ0v) is 23.3. The number of benzene rings is 2. The van der Waals surface area contributed by atoms with Crippen LogP contribution in [0.25, 0.3) is 21.8 Å². The molecule has 3 aromatic heterocycles. The zero-order valence-electron chi connectivity index (χ0n) is 23.3. The normalized spacial score (nSPS) is 17.6. The van der Waals surface area contributed by atoms with Gasteiger partial charge in [-0.15, -0.1) is 0 Å². The number of nitrogens with one attached hydrogen (secondary N) is 2. The van der Waals surface area contributed by atoms with Crippen molar-refractivity contribution in [1.82, 2.24) is 24.9 Å². The molecule has 0 bridgehead atoms. The van der Waals surface area contributed by atoms with Crippen LogP contribution in [0.4, 0.5) is 0 Å². The van der Waals surface area contributed by atoms with Crippen molar-refractivity contribution in [3.8, 4) is 0 Å². The van der Waals surface area contributed by atoms with Gasteiger partial charge in [0.25, 0.3) is 11.8 Å². The van der Waals surface area contributed by atoms with Crippen LogP contribution in [0.2, 0.25) is 0 Å². The second-order valence-corrected chi connectivity index (χ2v) is 10.8. The lowest BCUT2D eigenvalue weighted by molar-refractivity contribution is 0.0696. The van der Waals surface area contributed by atoms with E-state index in [1.165, 1.54) is 0 Å². The molecule has 11 heteroatoms. The van der Waals surface area contributed by atoms with Gasteiger partial charge < -0.3 is 29.4 Å². The molecule has 7 rings (SSSR count). The number of Topliss-reactive ketones (excluding diaryl/α,β-unsaturated/α-hetero) is 1. The summed E-state index contributed by atoms with van der Waals surface area (Å²) in [5.74, 6) is -0.473. The molecule has 2 aliphatic rings. The number of rotatable bonds is 4. The van der Waals surface area contributed by atoms with Crippen LogP contribution >= 0.6 is 0 Å². The van der Waals surface area contributed by atoms with Gasteiger partial charge in [0.05, 0.1) is 17.7 Å². The van der Waals surface area contributed by atoms with Gasteiger partial charge in [-0.25, -0.2) is 4.79 Å². The number of carbonyl (C=O) groups excluding carboxylic acids is 3. The number of aryl methyl sites for hydroxylation is 1. The Labute approximate surface area is 240 Å². The number of nitrogens with zero attached hydrogens (tertiary/aromatic N) is 3. The molecule has 214 valence electrons. The van der Waals surface area contributed by atoms with Crippen LogP contribution in [0.15, 0.2) is 59.1 Å². The fraction of sp³-hybridized carbons (Fsp3) is 0.258. The summed E-state index contributed by atoms with van der Waals surface area (Å²) < 4.78 is 8.92. The lowest BCUT2D eigenvalue weighted by Gasteiger charge is -2.24. The van der Waals surface area contributed by atoms with Gasteiger partial charge in [0.2, 0.25) is 0 Å². The second-order valence-electron chi connectivity index (χ2n) is 10.8. The van der Waals surface area contributed by atoms with E-state index >= 15 is 0 Å². The van der Waals surface area contributed by atoms with Crippen LogP contribution in [0.3, 0.4) is 0 Å². The number of carboxylic acids is 1. The summed E-state index contributed by atoms with van der Waals surface area (Å²) in [6, 6.07) is 16.2. The minimum atomic E-state index is -0.958. The van der Waals surface area contributed by atoms with Gasteiger partial charge in [-0.05, 0) is 51.1 Å². The number of hydrogen-bond donors (Lipinski definition) is 3. The summed E-state index contributed by atoms with van der Waals surface area (Å²) in [7, 11) is 0. The van der Waals surface area contributed by atoms with Crippen molar-refractivity contribution in [3.05, 3.63) is 88.6 Å². The molecule has 0 saturated heterocycles. The summed E-state index contributed by atoms with van der Waals surface area (Å²) in [6.07, 6.45) is 0.201. The molecule has 0 fully saturated rings. The SMILES string of the molecule is CC1CNC(=O)c2cc3ccc(C(=O)O)cc3n21.Cc1cc(CC(=O)c2ccc3cc4n(c3c2)C(C)CNC4=O)no1. The van der Waals surface area contributed by atoms with Crippen LogP contribution in [-0.2, 0) is 6.42 Å². The Hall–Kier alpha value is -5.19. The molecule has 42 heavy (non-hydrogen) atoms. The van der Waals surface area contributed by atoms with Crippen molar-refractivity contribution in [2.75, 3.05) is 13.1 Å². The molecular formula is C31H29N5O6. The maximum absolute atomic E-state index is 12.5. The van der Waals surface area contributed by atoms with E-state index in [1.807, 2.05) is 34.3 Å². The average molecular weight is 568 g/mol. The molecule has 2 atom stereocenters. The second kappa shape index (κ2) is 10.3. The first-order valence-corrected chi connectivity index (χ1v) is 13.7. The van der Waals surface area contributed by atoms with Crippen LogP contribution in [0.1, 0.15) is 79.1 Å². The molecule has 0 radical (unpaired) electrons. The Morgan fingerprint density at radius 1 is 0.857 bits per heavy atom. The Morgan fingerprint density at radius 3 is 1.88 bits per heavy atom. The number of fused-ring (bicyclic) bond motifs is 6. The third kappa shape index (κ3) is 4.72. The average Bonchev–Trinajstić information content (AvgIpc) is 3.68. The maximum atomic E-state index is 12.5. The standard InChI is InChI=1S/C18H17N3O3.C13H12N2O3/c1-10-9-19-18(23)16-6-12-3-4-13(7-15(12)21(10)16)17(22)8-14-5-11(2)24-20-14;1-7-6-14-12(16)11-4-8-2-3-9(13(17)18)5-10(8)15(7)11/h3-7,10H,8-9H2,1-2H3,(H,19,23);2-5,7H,6H2,1H3,(H,14,16)(H,17,18). The fourth-order valence-corrected chi connectivity index (χ4v) is 5.66. The predicted octanol–water partition coefficient (Wildman–Crippen LogP) is 4.31. The molecule has 0 aliphatic carbocycles. The Kier molecular flexibility index (Phi) is 6.64. The summed E-state index contributed by atoms with van der Waals surface area (Å²) in [5.41, 5.74) is 4.42. The molecule has 11 nitrogen and oxygen atoms in total. The van der Waals surface area contributed by atoms with Crippen LogP contribution < -0.4 is 10.6 Å². The van der Waals surface area contributed by atoms with Crippen LogP contribution in [-0.4, -0.2) is 56.1 Å². The van der Waals surface area contributed by atoms with Crippen molar-refractivity contribution in [2.45, 2.75) is 39.3 Å². The molecular weight excluding hydrogens is 538 g/mol.